The second kappa shape index (κ2) is 11.4. The molecule has 52 heavy (non-hydrogen) atoms. The zero-order valence-corrected chi connectivity index (χ0v) is 28.4. The SMILES string of the molecule is c1ccc(B2c3cc4c5ccccc5n(-c5ccccc5)c4cc3-c3c(ccc4c3c3ccccc3n4-c3ccccc3)N2c2ccccc2)cc1. The number of anilines is 2. The van der Waals surface area contributed by atoms with Gasteiger partial charge in [-0.15, -0.1) is 0 Å². The van der Waals surface area contributed by atoms with Crippen molar-refractivity contribution < 1.29 is 0 Å². The molecule has 10 aromatic rings. The monoisotopic (exact) mass is 661 g/mol. The fourth-order valence-electron chi connectivity index (χ4n) is 8.83. The second-order valence-electron chi connectivity index (χ2n) is 13.7. The Hall–Kier alpha value is -6.78. The molecule has 0 spiro atoms. The Labute approximate surface area is 302 Å². The lowest BCUT2D eigenvalue weighted by atomic mass is 9.45. The summed E-state index contributed by atoms with van der Waals surface area (Å²) < 4.78 is 4.87. The predicted molar refractivity (Wildman–Crippen MR) is 221 cm³/mol. The Morgan fingerprint density at radius 3 is 1.54 bits per heavy atom. The van der Waals surface area contributed by atoms with Crippen LogP contribution >= 0.6 is 0 Å². The molecule has 0 saturated heterocycles. The maximum Gasteiger partial charge on any atom is 0.328 e. The highest BCUT2D eigenvalue weighted by molar-refractivity contribution is 6.91. The molecule has 0 atom stereocenters. The molecular formula is C48H32BN3. The van der Waals surface area contributed by atoms with Gasteiger partial charge in [0.25, 0.3) is 0 Å². The van der Waals surface area contributed by atoms with E-state index in [4.69, 9.17) is 0 Å². The molecule has 242 valence electrons. The fraction of sp³-hybridized carbons (Fsp3) is 0. The molecule has 3 nitrogen and oxygen atoms in total. The average molecular weight is 662 g/mol. The molecule has 0 unspecified atom stereocenters. The summed E-state index contributed by atoms with van der Waals surface area (Å²) >= 11 is 0. The van der Waals surface area contributed by atoms with Crippen molar-refractivity contribution in [2.75, 3.05) is 4.81 Å². The van der Waals surface area contributed by atoms with E-state index in [1.54, 1.807) is 0 Å². The first-order chi connectivity index (χ1) is 25.8. The maximum atomic E-state index is 2.57. The molecule has 0 fully saturated rings. The van der Waals surface area contributed by atoms with Crippen molar-refractivity contribution in [1.82, 2.24) is 9.13 Å². The van der Waals surface area contributed by atoms with Gasteiger partial charge in [-0.05, 0) is 77.8 Å². The summed E-state index contributed by atoms with van der Waals surface area (Å²) in [5, 5.41) is 5.03. The number of rotatable bonds is 4. The largest absolute Gasteiger partial charge is 0.376 e. The van der Waals surface area contributed by atoms with Gasteiger partial charge in [0.15, 0.2) is 0 Å². The Morgan fingerprint density at radius 2 is 0.885 bits per heavy atom. The first-order valence-corrected chi connectivity index (χ1v) is 18.0. The Bertz CT molecular complexity index is 2910. The summed E-state index contributed by atoms with van der Waals surface area (Å²) in [7, 11) is 0. The Morgan fingerprint density at radius 1 is 0.365 bits per heavy atom. The minimum Gasteiger partial charge on any atom is -0.376 e. The molecule has 0 saturated carbocycles. The minimum absolute atomic E-state index is 0.0470. The van der Waals surface area contributed by atoms with Crippen molar-refractivity contribution in [2.24, 2.45) is 0 Å². The lowest BCUT2D eigenvalue weighted by Gasteiger charge is -2.39. The summed E-state index contributed by atoms with van der Waals surface area (Å²) in [6, 6.07) is 71.0. The van der Waals surface area contributed by atoms with E-state index in [1.165, 1.54) is 77.0 Å². The molecule has 0 amide bonds. The molecule has 0 radical (unpaired) electrons. The van der Waals surface area contributed by atoms with Crippen molar-refractivity contribution in [3.63, 3.8) is 0 Å². The highest BCUT2D eigenvalue weighted by atomic mass is 15.1. The van der Waals surface area contributed by atoms with Gasteiger partial charge in [-0.25, -0.2) is 0 Å². The van der Waals surface area contributed by atoms with Gasteiger partial charge < -0.3 is 13.9 Å². The van der Waals surface area contributed by atoms with Gasteiger partial charge in [-0.2, -0.15) is 0 Å². The number of aromatic nitrogens is 2. The van der Waals surface area contributed by atoms with Crippen LogP contribution in [0.25, 0.3) is 66.1 Å². The Kier molecular flexibility index (Phi) is 6.35. The third-order valence-electron chi connectivity index (χ3n) is 10.9. The number of nitrogens with zero attached hydrogens (tertiary/aromatic N) is 3. The minimum atomic E-state index is -0.0470. The van der Waals surface area contributed by atoms with E-state index in [0.717, 1.165) is 11.4 Å². The van der Waals surface area contributed by atoms with Crippen LogP contribution in [0.1, 0.15) is 0 Å². The maximum absolute atomic E-state index is 2.57. The summed E-state index contributed by atoms with van der Waals surface area (Å²) in [5.74, 6) is 0. The summed E-state index contributed by atoms with van der Waals surface area (Å²) in [5.41, 5.74) is 14.6. The molecule has 8 aromatic carbocycles. The summed E-state index contributed by atoms with van der Waals surface area (Å²) in [6.45, 7) is -0.0470. The molecule has 3 heterocycles. The lowest BCUT2D eigenvalue weighted by Crippen LogP contribution is -2.57. The second-order valence-corrected chi connectivity index (χ2v) is 13.7. The van der Waals surface area contributed by atoms with Crippen molar-refractivity contribution in [1.29, 1.82) is 0 Å². The van der Waals surface area contributed by atoms with Crippen molar-refractivity contribution in [3.05, 3.63) is 194 Å². The predicted octanol–water partition coefficient (Wildman–Crippen LogP) is 10.8. The van der Waals surface area contributed by atoms with Crippen LogP contribution in [-0.2, 0) is 0 Å². The van der Waals surface area contributed by atoms with Crippen LogP contribution in [0.15, 0.2) is 194 Å². The molecule has 0 N–H and O–H groups in total. The van der Waals surface area contributed by atoms with Gasteiger partial charge >= 0.3 is 6.85 Å². The van der Waals surface area contributed by atoms with Crippen molar-refractivity contribution in [2.45, 2.75) is 0 Å². The highest BCUT2D eigenvalue weighted by Crippen LogP contribution is 2.48. The highest BCUT2D eigenvalue weighted by Gasteiger charge is 2.39. The fourth-order valence-corrected chi connectivity index (χ4v) is 8.83. The van der Waals surface area contributed by atoms with E-state index in [1.807, 2.05) is 0 Å². The molecule has 2 aromatic heterocycles. The molecule has 1 aliphatic heterocycles. The normalized spacial score (nSPS) is 12.5. The van der Waals surface area contributed by atoms with Crippen LogP contribution in [0.4, 0.5) is 11.4 Å². The van der Waals surface area contributed by atoms with Crippen LogP contribution in [0, 0.1) is 0 Å². The van der Waals surface area contributed by atoms with Crippen LogP contribution in [0.3, 0.4) is 0 Å². The van der Waals surface area contributed by atoms with E-state index in [0.29, 0.717) is 0 Å². The third-order valence-corrected chi connectivity index (χ3v) is 10.9. The summed E-state index contributed by atoms with van der Waals surface area (Å²) in [4.78, 5) is 2.57. The van der Waals surface area contributed by atoms with Gasteiger partial charge in [-0.1, -0.05) is 133 Å². The smallest absolute Gasteiger partial charge is 0.328 e. The molecule has 0 bridgehead atoms. The van der Waals surface area contributed by atoms with Gasteiger partial charge in [0.05, 0.1) is 22.1 Å². The number of para-hydroxylation sites is 5. The van der Waals surface area contributed by atoms with E-state index < -0.39 is 0 Å². The van der Waals surface area contributed by atoms with E-state index >= 15 is 0 Å². The summed E-state index contributed by atoms with van der Waals surface area (Å²) in [6.07, 6.45) is 0. The number of fused-ring (bicyclic) bond motifs is 10. The topological polar surface area (TPSA) is 13.1 Å². The molecular weight excluding hydrogens is 629 g/mol. The first kappa shape index (κ1) is 29.0. The molecule has 1 aliphatic rings. The van der Waals surface area contributed by atoms with Crippen LogP contribution < -0.4 is 15.7 Å². The van der Waals surface area contributed by atoms with Crippen LogP contribution in [0.5, 0.6) is 0 Å². The molecule has 11 rings (SSSR count). The Balaban J connectivity index is 1.35. The number of benzene rings is 8. The number of hydrogen-bond acceptors (Lipinski definition) is 1. The molecule has 4 heteroatoms. The van der Waals surface area contributed by atoms with Crippen molar-refractivity contribution >= 4 is 72.8 Å². The molecule has 0 aliphatic carbocycles. The van der Waals surface area contributed by atoms with Crippen molar-refractivity contribution in [3.8, 4) is 22.5 Å². The number of hydrogen-bond donors (Lipinski definition) is 0. The van der Waals surface area contributed by atoms with E-state index in [-0.39, 0.29) is 6.85 Å². The van der Waals surface area contributed by atoms with Gasteiger partial charge in [0, 0.05) is 49.9 Å². The zero-order chi connectivity index (χ0) is 34.2. The van der Waals surface area contributed by atoms with E-state index in [9.17, 15) is 0 Å². The quantitative estimate of drug-likeness (QED) is 0.171. The van der Waals surface area contributed by atoms with E-state index in [2.05, 4.69) is 208 Å². The standard InChI is InChI=1S/C48H32BN3/c1-5-17-33(18-6-1)49-41-31-39-37-25-13-15-27-42(37)51(35-21-9-3-10-22-35)46(39)32-40(41)48-45(52(49)36-23-11-4-12-24-36)30-29-44-47(48)38-26-14-16-28-43(38)50(44)34-19-7-2-8-20-34/h1-32H. The first-order valence-electron chi connectivity index (χ1n) is 18.0. The van der Waals surface area contributed by atoms with Gasteiger partial charge in [0.1, 0.15) is 0 Å². The van der Waals surface area contributed by atoms with Crippen LogP contribution in [0.2, 0.25) is 0 Å². The van der Waals surface area contributed by atoms with Gasteiger partial charge in [-0.3, -0.25) is 0 Å². The van der Waals surface area contributed by atoms with Crippen LogP contribution in [-0.4, -0.2) is 16.0 Å². The zero-order valence-electron chi connectivity index (χ0n) is 28.4. The lowest BCUT2D eigenvalue weighted by molar-refractivity contribution is 1.18. The third kappa shape index (κ3) is 4.15. The average Bonchev–Trinajstić information content (AvgIpc) is 3.73. The van der Waals surface area contributed by atoms with Gasteiger partial charge in [0.2, 0.25) is 0 Å².